The molecule has 1 aromatic carbocycles. The second kappa shape index (κ2) is 3.39. The molecule has 15 heavy (non-hydrogen) atoms. The number of hydrogen-bond acceptors (Lipinski definition) is 0. The molecule has 2 aliphatic carbocycles. The Morgan fingerprint density at radius 2 is 1.67 bits per heavy atom. The highest BCUT2D eigenvalue weighted by Gasteiger charge is 2.04. The van der Waals surface area contributed by atoms with Crippen LogP contribution in [0, 0.1) is 0 Å². The lowest BCUT2D eigenvalue weighted by Crippen LogP contribution is -2.20. The molecule has 1 aromatic rings. The third-order valence-corrected chi connectivity index (χ3v) is 2.92. The van der Waals surface area contributed by atoms with Crippen molar-refractivity contribution in [2.75, 3.05) is 0 Å². The van der Waals surface area contributed by atoms with E-state index in [1.165, 1.54) is 21.6 Å². The first kappa shape index (κ1) is 8.49. The van der Waals surface area contributed by atoms with E-state index < -0.39 is 0 Å². The van der Waals surface area contributed by atoms with Crippen LogP contribution in [0.1, 0.15) is 11.1 Å². The van der Waals surface area contributed by atoms with Gasteiger partial charge < -0.3 is 0 Å². The van der Waals surface area contributed by atoms with Crippen molar-refractivity contribution in [3.63, 3.8) is 0 Å². The Balaban J connectivity index is 2.41. The van der Waals surface area contributed by atoms with Crippen molar-refractivity contribution in [3.8, 4) is 0 Å². The van der Waals surface area contributed by atoms with E-state index in [4.69, 9.17) is 0 Å². The van der Waals surface area contributed by atoms with Gasteiger partial charge in [0.1, 0.15) is 0 Å². The van der Waals surface area contributed by atoms with Crippen LogP contribution in [0.4, 0.5) is 0 Å². The Labute approximate surface area is 89.3 Å². The number of allylic oxidation sites excluding steroid dienone is 5. The Morgan fingerprint density at radius 1 is 0.800 bits per heavy atom. The molecular formula is C15H12. The van der Waals surface area contributed by atoms with Crippen LogP contribution < -0.4 is 10.4 Å². The second-order valence-corrected chi connectivity index (χ2v) is 3.85. The molecule has 2 aliphatic rings. The third kappa shape index (κ3) is 1.39. The highest BCUT2D eigenvalue weighted by molar-refractivity contribution is 5.64. The molecule has 0 aliphatic heterocycles. The molecule has 0 heteroatoms. The molecule has 0 amide bonds. The van der Waals surface area contributed by atoms with Crippen LogP contribution >= 0.6 is 0 Å². The zero-order valence-corrected chi connectivity index (χ0v) is 8.48. The lowest BCUT2D eigenvalue weighted by atomic mass is 9.96. The molecule has 72 valence electrons. The topological polar surface area (TPSA) is 0 Å². The van der Waals surface area contributed by atoms with Gasteiger partial charge >= 0.3 is 0 Å². The lowest BCUT2D eigenvalue weighted by molar-refractivity contribution is 1.20. The molecule has 0 radical (unpaired) electrons. The summed E-state index contributed by atoms with van der Waals surface area (Å²) in [6.45, 7) is 0. The van der Waals surface area contributed by atoms with Gasteiger partial charge in [0, 0.05) is 0 Å². The van der Waals surface area contributed by atoms with Gasteiger partial charge in [0.25, 0.3) is 0 Å². The summed E-state index contributed by atoms with van der Waals surface area (Å²) >= 11 is 0. The number of benzene rings is 1. The van der Waals surface area contributed by atoms with Crippen LogP contribution in [0.25, 0.3) is 18.2 Å². The molecule has 0 N–H and O–H groups in total. The molecule has 0 heterocycles. The van der Waals surface area contributed by atoms with Gasteiger partial charge in [-0.15, -0.1) is 0 Å². The van der Waals surface area contributed by atoms with Gasteiger partial charge in [0.2, 0.25) is 0 Å². The maximum Gasteiger partial charge on any atom is -0.00822 e. The monoisotopic (exact) mass is 192 g/mol. The van der Waals surface area contributed by atoms with E-state index in [0.717, 1.165) is 6.42 Å². The van der Waals surface area contributed by atoms with Crippen LogP contribution in [-0.2, 0) is 6.42 Å². The van der Waals surface area contributed by atoms with Crippen LogP contribution in [0.2, 0.25) is 0 Å². The van der Waals surface area contributed by atoms with Crippen molar-refractivity contribution >= 4 is 18.2 Å². The number of hydrogen-bond donors (Lipinski definition) is 0. The van der Waals surface area contributed by atoms with Crippen LogP contribution in [0.15, 0.2) is 42.5 Å². The summed E-state index contributed by atoms with van der Waals surface area (Å²) in [4.78, 5) is 0. The predicted octanol–water partition coefficient (Wildman–Crippen LogP) is 1.94. The molecule has 0 saturated carbocycles. The minimum absolute atomic E-state index is 1.05. The van der Waals surface area contributed by atoms with Gasteiger partial charge in [-0.25, -0.2) is 0 Å². The van der Waals surface area contributed by atoms with Gasteiger partial charge in [-0.3, -0.25) is 0 Å². The second-order valence-electron chi connectivity index (χ2n) is 3.85. The maximum atomic E-state index is 2.22. The van der Waals surface area contributed by atoms with Crippen molar-refractivity contribution in [2.24, 2.45) is 0 Å². The summed E-state index contributed by atoms with van der Waals surface area (Å²) in [7, 11) is 0. The van der Waals surface area contributed by atoms with Crippen molar-refractivity contribution in [2.45, 2.75) is 6.42 Å². The largest absolute Gasteiger partial charge is 0.0801 e. The highest BCUT2D eigenvalue weighted by atomic mass is 14.1. The first-order valence-corrected chi connectivity index (χ1v) is 5.29. The summed E-state index contributed by atoms with van der Waals surface area (Å²) in [6.07, 6.45) is 18.3. The zero-order chi connectivity index (χ0) is 10.1. The molecule has 0 saturated heterocycles. The third-order valence-electron chi connectivity index (χ3n) is 2.92. The van der Waals surface area contributed by atoms with E-state index in [1.807, 2.05) is 0 Å². The van der Waals surface area contributed by atoms with Gasteiger partial charge in [-0.05, 0) is 28.0 Å². The zero-order valence-electron chi connectivity index (χ0n) is 8.48. The lowest BCUT2D eigenvalue weighted by Gasteiger charge is -2.08. The van der Waals surface area contributed by atoms with Gasteiger partial charge in [-0.1, -0.05) is 60.7 Å². The summed E-state index contributed by atoms with van der Waals surface area (Å²) in [6, 6.07) is 4.41. The van der Waals surface area contributed by atoms with Crippen molar-refractivity contribution in [3.05, 3.63) is 64.1 Å². The first-order chi connectivity index (χ1) is 7.45. The van der Waals surface area contributed by atoms with E-state index in [1.54, 1.807) is 0 Å². The fraction of sp³-hybridized carbons (Fsp3) is 0.0667. The Hall–Kier alpha value is -1.82. The molecule has 0 spiro atoms. The standard InChI is InChI=1S/C15H12/c1-2-6-12-10-11-13-7-4-5-9-15(13)14(12)8-3-1/h1-8,10-11H,9H2. The molecule has 0 fully saturated rings. The Bertz CT molecular complexity index is 596. The SMILES string of the molecule is C1=CC=c2ccc3c(c2C=C1)CC=CC=3. The first-order valence-electron chi connectivity index (χ1n) is 5.29. The molecule has 0 nitrogen and oxygen atoms in total. The number of rotatable bonds is 0. The van der Waals surface area contributed by atoms with Crippen LogP contribution in [-0.4, -0.2) is 0 Å². The van der Waals surface area contributed by atoms with Gasteiger partial charge in [-0.2, -0.15) is 0 Å². The van der Waals surface area contributed by atoms with Crippen molar-refractivity contribution in [1.82, 2.24) is 0 Å². The molecule has 3 rings (SSSR count). The van der Waals surface area contributed by atoms with Gasteiger partial charge in [0.15, 0.2) is 0 Å². The molecule has 0 aromatic heterocycles. The van der Waals surface area contributed by atoms with Crippen molar-refractivity contribution < 1.29 is 0 Å². The Kier molecular flexibility index (Phi) is 1.92. The maximum absolute atomic E-state index is 2.22. The van der Waals surface area contributed by atoms with Crippen molar-refractivity contribution in [1.29, 1.82) is 0 Å². The summed E-state index contributed by atoms with van der Waals surface area (Å²) in [5.74, 6) is 0. The van der Waals surface area contributed by atoms with Crippen LogP contribution in [0.3, 0.4) is 0 Å². The summed E-state index contributed by atoms with van der Waals surface area (Å²) in [5, 5.41) is 2.68. The minimum atomic E-state index is 1.05. The Morgan fingerprint density at radius 3 is 2.67 bits per heavy atom. The fourth-order valence-electron chi connectivity index (χ4n) is 2.16. The highest BCUT2D eigenvalue weighted by Crippen LogP contribution is 2.08. The van der Waals surface area contributed by atoms with E-state index >= 15 is 0 Å². The fourth-order valence-corrected chi connectivity index (χ4v) is 2.16. The van der Waals surface area contributed by atoms with E-state index in [0.29, 0.717) is 0 Å². The number of fused-ring (bicyclic) bond motifs is 3. The molecule has 0 bridgehead atoms. The smallest absolute Gasteiger partial charge is 0.00822 e. The predicted molar refractivity (Wildman–Crippen MR) is 65.6 cm³/mol. The average Bonchev–Trinajstić information content (AvgIpc) is 2.54. The van der Waals surface area contributed by atoms with Crippen LogP contribution in [0.5, 0.6) is 0 Å². The van der Waals surface area contributed by atoms with E-state index in [-0.39, 0.29) is 0 Å². The van der Waals surface area contributed by atoms with E-state index in [2.05, 4.69) is 60.7 Å². The normalized spacial score (nSPS) is 16.0. The van der Waals surface area contributed by atoms with E-state index in [9.17, 15) is 0 Å². The minimum Gasteiger partial charge on any atom is -0.0801 e. The summed E-state index contributed by atoms with van der Waals surface area (Å²) < 4.78 is 0. The quantitative estimate of drug-likeness (QED) is 0.589. The average molecular weight is 192 g/mol. The summed E-state index contributed by atoms with van der Waals surface area (Å²) in [5.41, 5.74) is 2.82. The van der Waals surface area contributed by atoms with Gasteiger partial charge in [0.05, 0.1) is 0 Å². The molecular weight excluding hydrogens is 180 g/mol. The molecule has 0 atom stereocenters. The molecule has 0 unspecified atom stereocenters.